The Morgan fingerprint density at radius 3 is 2.46 bits per heavy atom. The Kier molecular flexibility index (Phi) is 4.21. The number of rotatable bonds is 3. The number of nitrogens with zero attached hydrogens (tertiary/aromatic N) is 1. The molecule has 0 aliphatic carbocycles. The highest BCUT2D eigenvalue weighted by atomic mass is 127. The van der Waals surface area contributed by atoms with Crippen LogP contribution >= 0.6 is 22.6 Å². The van der Waals surface area contributed by atoms with E-state index in [0.29, 0.717) is 4.43 Å². The minimum absolute atomic E-state index is 0.161. The molecule has 0 saturated heterocycles. The van der Waals surface area contributed by atoms with Gasteiger partial charge in [0.05, 0.1) is 4.43 Å². The van der Waals surface area contributed by atoms with E-state index in [2.05, 4.69) is 22.6 Å². The molecule has 0 spiro atoms. The predicted molar refractivity (Wildman–Crippen MR) is 63.4 cm³/mol. The van der Waals surface area contributed by atoms with E-state index in [4.69, 9.17) is 0 Å². The van der Waals surface area contributed by atoms with E-state index in [0.717, 1.165) is 12.2 Å². The van der Waals surface area contributed by atoms with Crippen LogP contribution in [0.1, 0.15) is 6.92 Å². The summed E-state index contributed by atoms with van der Waals surface area (Å²) in [5.41, 5.74) is 0.978. The van der Waals surface area contributed by atoms with Crippen molar-refractivity contribution in [2.75, 3.05) is 15.9 Å². The van der Waals surface area contributed by atoms with Crippen LogP contribution in [0.3, 0.4) is 0 Å². The lowest BCUT2D eigenvalue weighted by atomic mass is 10.3. The molecule has 0 aliphatic rings. The smallest absolute Gasteiger partial charge is 0.236 e. The number of alkyl halides is 1. The van der Waals surface area contributed by atoms with Crippen molar-refractivity contribution in [3.8, 4) is 0 Å². The highest BCUT2D eigenvalue weighted by molar-refractivity contribution is 14.1. The number of amides is 1. The first kappa shape index (κ1) is 10.5. The molecule has 0 bridgehead atoms. The Bertz CT molecular complexity index is 274. The van der Waals surface area contributed by atoms with E-state index >= 15 is 0 Å². The van der Waals surface area contributed by atoms with Gasteiger partial charge in [-0.3, -0.25) is 4.79 Å². The molecule has 0 fully saturated rings. The summed E-state index contributed by atoms with van der Waals surface area (Å²) in [6.45, 7) is 2.71. The van der Waals surface area contributed by atoms with Crippen molar-refractivity contribution in [1.29, 1.82) is 0 Å². The van der Waals surface area contributed by atoms with Gasteiger partial charge < -0.3 is 4.90 Å². The zero-order valence-electron chi connectivity index (χ0n) is 7.53. The van der Waals surface area contributed by atoms with Crippen LogP contribution in [-0.2, 0) is 4.79 Å². The maximum Gasteiger partial charge on any atom is 0.236 e. The van der Waals surface area contributed by atoms with Crippen LogP contribution in [-0.4, -0.2) is 16.9 Å². The van der Waals surface area contributed by atoms with Crippen molar-refractivity contribution >= 4 is 34.2 Å². The quantitative estimate of drug-likeness (QED) is 0.618. The molecule has 13 heavy (non-hydrogen) atoms. The van der Waals surface area contributed by atoms with Gasteiger partial charge >= 0.3 is 0 Å². The van der Waals surface area contributed by atoms with Crippen molar-refractivity contribution in [2.45, 2.75) is 6.92 Å². The first-order valence-electron chi connectivity index (χ1n) is 4.21. The number of carbonyl (C=O) groups is 1. The lowest BCUT2D eigenvalue weighted by Crippen LogP contribution is -2.31. The number of para-hydroxylation sites is 1. The van der Waals surface area contributed by atoms with E-state index < -0.39 is 0 Å². The minimum Gasteiger partial charge on any atom is -0.312 e. The highest BCUT2D eigenvalue weighted by Crippen LogP contribution is 2.13. The standard InChI is InChI=1S/C10H12INO/c1-2-12(10(13)8-11)9-6-4-3-5-7-9/h3-7H,2,8H2,1H3. The largest absolute Gasteiger partial charge is 0.312 e. The van der Waals surface area contributed by atoms with E-state index in [1.807, 2.05) is 37.3 Å². The molecule has 1 aromatic rings. The molecular formula is C10H12INO. The monoisotopic (exact) mass is 289 g/mol. The third-order valence-corrected chi connectivity index (χ3v) is 2.45. The van der Waals surface area contributed by atoms with Crippen LogP contribution in [0.15, 0.2) is 30.3 Å². The van der Waals surface area contributed by atoms with E-state index in [1.54, 1.807) is 4.90 Å². The number of halogens is 1. The fraction of sp³-hybridized carbons (Fsp3) is 0.300. The van der Waals surface area contributed by atoms with E-state index in [1.165, 1.54) is 0 Å². The topological polar surface area (TPSA) is 20.3 Å². The molecule has 0 N–H and O–H groups in total. The number of carbonyl (C=O) groups excluding carboxylic acids is 1. The molecule has 1 rings (SSSR count). The Morgan fingerprint density at radius 2 is 2.00 bits per heavy atom. The second-order valence-electron chi connectivity index (χ2n) is 2.61. The zero-order chi connectivity index (χ0) is 9.68. The average molecular weight is 289 g/mol. The fourth-order valence-electron chi connectivity index (χ4n) is 1.18. The van der Waals surface area contributed by atoms with Gasteiger partial charge in [0, 0.05) is 12.2 Å². The van der Waals surface area contributed by atoms with Crippen LogP contribution in [0.5, 0.6) is 0 Å². The number of hydrogen-bond donors (Lipinski definition) is 0. The van der Waals surface area contributed by atoms with Gasteiger partial charge in [0.1, 0.15) is 0 Å². The Balaban J connectivity index is 2.85. The highest BCUT2D eigenvalue weighted by Gasteiger charge is 2.10. The summed E-state index contributed by atoms with van der Waals surface area (Å²) in [4.78, 5) is 13.2. The van der Waals surface area contributed by atoms with Crippen molar-refractivity contribution in [1.82, 2.24) is 0 Å². The van der Waals surface area contributed by atoms with Gasteiger partial charge in [-0.15, -0.1) is 0 Å². The van der Waals surface area contributed by atoms with E-state index in [9.17, 15) is 4.79 Å². The second kappa shape index (κ2) is 5.21. The first-order valence-corrected chi connectivity index (χ1v) is 5.73. The van der Waals surface area contributed by atoms with E-state index in [-0.39, 0.29) is 5.91 Å². The van der Waals surface area contributed by atoms with Gasteiger partial charge in [0.15, 0.2) is 0 Å². The van der Waals surface area contributed by atoms with Crippen LogP contribution in [0.2, 0.25) is 0 Å². The lowest BCUT2D eigenvalue weighted by molar-refractivity contribution is -0.115. The van der Waals surface area contributed by atoms with Gasteiger partial charge in [-0.05, 0) is 19.1 Å². The van der Waals surface area contributed by atoms with Crippen molar-refractivity contribution < 1.29 is 4.79 Å². The third-order valence-electron chi connectivity index (χ3n) is 1.80. The minimum atomic E-state index is 0.161. The van der Waals surface area contributed by atoms with Gasteiger partial charge in [-0.2, -0.15) is 0 Å². The number of hydrogen-bond acceptors (Lipinski definition) is 1. The van der Waals surface area contributed by atoms with Crippen LogP contribution in [0, 0.1) is 0 Å². The SMILES string of the molecule is CCN(C(=O)CI)c1ccccc1. The van der Waals surface area contributed by atoms with Crippen LogP contribution in [0.4, 0.5) is 5.69 Å². The first-order chi connectivity index (χ1) is 6.29. The lowest BCUT2D eigenvalue weighted by Gasteiger charge is -2.19. The van der Waals surface area contributed by atoms with Crippen LogP contribution in [0.25, 0.3) is 0 Å². The second-order valence-corrected chi connectivity index (χ2v) is 3.37. The summed E-state index contributed by atoms with van der Waals surface area (Å²) in [6.07, 6.45) is 0. The predicted octanol–water partition coefficient (Wildman–Crippen LogP) is 2.47. The molecule has 0 aliphatic heterocycles. The fourth-order valence-corrected chi connectivity index (χ4v) is 1.59. The molecule has 0 aromatic heterocycles. The Morgan fingerprint density at radius 1 is 1.38 bits per heavy atom. The molecule has 70 valence electrons. The Hall–Kier alpha value is -0.580. The van der Waals surface area contributed by atoms with Gasteiger partial charge in [-0.1, -0.05) is 40.8 Å². The summed E-state index contributed by atoms with van der Waals surface area (Å²) < 4.78 is 0.528. The molecule has 3 heteroatoms. The maximum absolute atomic E-state index is 11.5. The molecule has 1 aromatic carbocycles. The van der Waals surface area contributed by atoms with Gasteiger partial charge in [0.25, 0.3) is 0 Å². The number of benzene rings is 1. The molecule has 2 nitrogen and oxygen atoms in total. The zero-order valence-corrected chi connectivity index (χ0v) is 9.69. The molecular weight excluding hydrogens is 277 g/mol. The molecule has 0 heterocycles. The maximum atomic E-state index is 11.5. The summed E-state index contributed by atoms with van der Waals surface area (Å²) in [7, 11) is 0. The van der Waals surface area contributed by atoms with Crippen molar-refractivity contribution in [2.24, 2.45) is 0 Å². The summed E-state index contributed by atoms with van der Waals surface area (Å²) >= 11 is 2.09. The number of anilines is 1. The summed E-state index contributed by atoms with van der Waals surface area (Å²) in [5.74, 6) is 0.161. The Labute approximate surface area is 92.1 Å². The van der Waals surface area contributed by atoms with Gasteiger partial charge in [-0.25, -0.2) is 0 Å². The van der Waals surface area contributed by atoms with Gasteiger partial charge in [0.2, 0.25) is 5.91 Å². The molecule has 1 amide bonds. The summed E-state index contributed by atoms with van der Waals surface area (Å²) in [5, 5.41) is 0. The molecule has 0 saturated carbocycles. The van der Waals surface area contributed by atoms with Crippen molar-refractivity contribution in [3.05, 3.63) is 30.3 Å². The molecule has 0 atom stereocenters. The average Bonchev–Trinajstić information content (AvgIpc) is 2.20. The third kappa shape index (κ3) is 2.69. The normalized spacial score (nSPS) is 9.69. The van der Waals surface area contributed by atoms with Crippen molar-refractivity contribution in [3.63, 3.8) is 0 Å². The van der Waals surface area contributed by atoms with Crippen LogP contribution < -0.4 is 4.90 Å². The molecule has 0 unspecified atom stereocenters. The summed E-state index contributed by atoms with van der Waals surface area (Å²) in [6, 6.07) is 9.74. The molecule has 0 radical (unpaired) electrons.